The average Bonchev–Trinajstić information content (AvgIpc) is 2.99. The van der Waals surface area contributed by atoms with Crippen LogP contribution in [0.1, 0.15) is 102 Å². The molecule has 0 N–H and O–H groups in total. The second-order valence-electron chi connectivity index (χ2n) is 11.4. The maximum atomic E-state index is 15.1. The molecular weight excluding hydrogens is 521 g/mol. The number of ether oxygens (including phenoxy) is 2. The standard InChI is InChI=1S/C36H45F3O2/c1-3-5-7-8-9-10-12-14-29-19-21-31(35(39)34(29)38)28-17-15-27(16-18-28)30-20-22-32(33(37)23-30)36-40-24-26(25-41-36)13-11-6-4-2/h15-23,26,36H,3-14,24-25H2,1-2H3. The van der Waals surface area contributed by atoms with E-state index in [1.807, 2.05) is 18.2 Å². The van der Waals surface area contributed by atoms with E-state index in [1.165, 1.54) is 44.6 Å². The lowest BCUT2D eigenvalue weighted by atomic mass is 9.97. The van der Waals surface area contributed by atoms with Crippen LogP contribution < -0.4 is 0 Å². The van der Waals surface area contributed by atoms with E-state index in [-0.39, 0.29) is 11.4 Å². The first-order valence-electron chi connectivity index (χ1n) is 15.6. The van der Waals surface area contributed by atoms with Gasteiger partial charge in [-0.15, -0.1) is 0 Å². The largest absolute Gasteiger partial charge is 0.348 e. The van der Waals surface area contributed by atoms with Crippen molar-refractivity contribution in [2.24, 2.45) is 5.92 Å². The number of hydrogen-bond acceptors (Lipinski definition) is 2. The molecule has 0 spiro atoms. The quantitative estimate of drug-likeness (QED) is 0.170. The zero-order chi connectivity index (χ0) is 29.0. The number of hydrogen-bond donors (Lipinski definition) is 0. The fourth-order valence-electron chi connectivity index (χ4n) is 5.59. The fourth-order valence-corrected chi connectivity index (χ4v) is 5.59. The highest BCUT2D eigenvalue weighted by atomic mass is 19.2. The SMILES string of the molecule is CCCCCCCCCc1ccc(-c2ccc(-c3ccc(C4OCC(CCCCC)CO4)c(F)c3)cc2)c(F)c1F. The van der Waals surface area contributed by atoms with Gasteiger partial charge in [0.2, 0.25) is 0 Å². The molecule has 0 radical (unpaired) electrons. The molecule has 1 saturated heterocycles. The van der Waals surface area contributed by atoms with E-state index in [4.69, 9.17) is 9.47 Å². The summed E-state index contributed by atoms with van der Waals surface area (Å²) in [4.78, 5) is 0. The van der Waals surface area contributed by atoms with Crippen LogP contribution in [0.5, 0.6) is 0 Å². The Kier molecular flexibility index (Phi) is 12.3. The van der Waals surface area contributed by atoms with Gasteiger partial charge in [-0.2, -0.15) is 0 Å². The maximum absolute atomic E-state index is 15.1. The molecule has 0 aliphatic carbocycles. The van der Waals surface area contributed by atoms with Gasteiger partial charge in [0.25, 0.3) is 0 Å². The van der Waals surface area contributed by atoms with Gasteiger partial charge in [-0.3, -0.25) is 0 Å². The van der Waals surface area contributed by atoms with Crippen molar-refractivity contribution in [3.05, 3.63) is 83.2 Å². The molecule has 41 heavy (non-hydrogen) atoms. The van der Waals surface area contributed by atoms with E-state index >= 15 is 8.78 Å². The molecule has 0 unspecified atom stereocenters. The molecule has 2 nitrogen and oxygen atoms in total. The third-order valence-electron chi connectivity index (χ3n) is 8.18. The van der Waals surface area contributed by atoms with Crippen LogP contribution in [0.3, 0.4) is 0 Å². The lowest BCUT2D eigenvalue weighted by molar-refractivity contribution is -0.207. The van der Waals surface area contributed by atoms with Crippen molar-refractivity contribution in [1.82, 2.24) is 0 Å². The molecule has 1 heterocycles. The number of halogens is 3. The molecule has 1 aliphatic heterocycles. The minimum atomic E-state index is -0.811. The van der Waals surface area contributed by atoms with Crippen molar-refractivity contribution >= 4 is 0 Å². The predicted molar refractivity (Wildman–Crippen MR) is 161 cm³/mol. The van der Waals surface area contributed by atoms with E-state index < -0.39 is 17.9 Å². The van der Waals surface area contributed by atoms with Gasteiger partial charge in [0.15, 0.2) is 17.9 Å². The van der Waals surface area contributed by atoms with E-state index in [0.717, 1.165) is 37.7 Å². The third kappa shape index (κ3) is 8.68. The summed E-state index contributed by atoms with van der Waals surface area (Å²) in [5.74, 6) is -1.59. The minimum Gasteiger partial charge on any atom is -0.348 e. The van der Waals surface area contributed by atoms with Crippen LogP contribution in [0.25, 0.3) is 22.3 Å². The van der Waals surface area contributed by atoms with Gasteiger partial charge in [-0.1, -0.05) is 120 Å². The van der Waals surface area contributed by atoms with Crippen LogP contribution in [-0.4, -0.2) is 13.2 Å². The Bertz CT molecular complexity index is 1220. The van der Waals surface area contributed by atoms with Gasteiger partial charge in [0, 0.05) is 17.0 Å². The molecule has 0 saturated carbocycles. The van der Waals surface area contributed by atoms with Gasteiger partial charge >= 0.3 is 0 Å². The first kappa shape index (κ1) is 31.3. The zero-order valence-corrected chi connectivity index (χ0v) is 24.7. The summed E-state index contributed by atoms with van der Waals surface area (Å²) in [7, 11) is 0. The number of rotatable bonds is 15. The number of aryl methyl sites for hydroxylation is 1. The fraction of sp³-hybridized carbons (Fsp3) is 0.500. The van der Waals surface area contributed by atoms with Gasteiger partial charge in [0.1, 0.15) is 5.82 Å². The first-order chi connectivity index (χ1) is 20.0. The van der Waals surface area contributed by atoms with Crippen LogP contribution >= 0.6 is 0 Å². The third-order valence-corrected chi connectivity index (χ3v) is 8.18. The summed E-state index contributed by atoms with van der Waals surface area (Å²) >= 11 is 0. The molecule has 0 aromatic heterocycles. The van der Waals surface area contributed by atoms with Crippen molar-refractivity contribution in [3.8, 4) is 22.3 Å². The van der Waals surface area contributed by atoms with Crippen molar-refractivity contribution in [2.45, 2.75) is 97.2 Å². The summed E-state index contributed by atoms with van der Waals surface area (Å²) in [5.41, 5.74) is 3.14. The van der Waals surface area contributed by atoms with Crippen molar-refractivity contribution < 1.29 is 22.6 Å². The first-order valence-corrected chi connectivity index (χ1v) is 15.6. The lowest BCUT2D eigenvalue weighted by Gasteiger charge is -2.30. The second-order valence-corrected chi connectivity index (χ2v) is 11.4. The molecule has 0 bridgehead atoms. The van der Waals surface area contributed by atoms with Gasteiger partial charge < -0.3 is 9.47 Å². The highest BCUT2D eigenvalue weighted by molar-refractivity contribution is 5.71. The normalized spacial score (nSPS) is 17.2. The molecule has 3 aromatic rings. The second kappa shape index (κ2) is 16.1. The molecular formula is C36H45F3O2. The van der Waals surface area contributed by atoms with Gasteiger partial charge in [-0.25, -0.2) is 13.2 Å². The summed E-state index contributed by atoms with van der Waals surface area (Å²) in [6.07, 6.45) is 12.4. The van der Waals surface area contributed by atoms with Crippen LogP contribution in [0.15, 0.2) is 54.6 Å². The van der Waals surface area contributed by atoms with Gasteiger partial charge in [0.05, 0.1) is 13.2 Å². The summed E-state index contributed by atoms with van der Waals surface area (Å²) < 4.78 is 56.6. The summed E-state index contributed by atoms with van der Waals surface area (Å²) in [5, 5.41) is 0. The Balaban J connectivity index is 1.34. The Labute approximate surface area is 244 Å². The number of unbranched alkanes of at least 4 members (excludes halogenated alkanes) is 8. The molecule has 222 valence electrons. The molecule has 1 aliphatic rings. The van der Waals surface area contributed by atoms with Crippen molar-refractivity contribution in [1.29, 1.82) is 0 Å². The zero-order valence-electron chi connectivity index (χ0n) is 24.7. The average molecular weight is 567 g/mol. The van der Waals surface area contributed by atoms with Crippen molar-refractivity contribution in [2.75, 3.05) is 13.2 Å². The van der Waals surface area contributed by atoms with E-state index in [1.54, 1.807) is 30.3 Å². The van der Waals surface area contributed by atoms with E-state index in [2.05, 4.69) is 13.8 Å². The monoisotopic (exact) mass is 566 g/mol. The molecule has 4 rings (SSSR count). The highest BCUT2D eigenvalue weighted by Crippen LogP contribution is 2.33. The topological polar surface area (TPSA) is 18.5 Å². The minimum absolute atomic E-state index is 0.235. The van der Waals surface area contributed by atoms with Crippen molar-refractivity contribution in [3.63, 3.8) is 0 Å². The molecule has 0 atom stereocenters. The Hall–Kier alpha value is -2.63. The van der Waals surface area contributed by atoms with E-state index in [9.17, 15) is 4.39 Å². The van der Waals surface area contributed by atoms with Crippen LogP contribution in [0.4, 0.5) is 13.2 Å². The summed E-state index contributed by atoms with van der Waals surface area (Å²) in [6, 6.07) is 15.5. The number of benzene rings is 3. The molecule has 0 amide bonds. The molecule has 1 fully saturated rings. The Morgan fingerprint density at radius 3 is 1.93 bits per heavy atom. The highest BCUT2D eigenvalue weighted by Gasteiger charge is 2.25. The smallest absolute Gasteiger partial charge is 0.186 e. The lowest BCUT2D eigenvalue weighted by Crippen LogP contribution is -2.27. The molecule has 5 heteroatoms. The van der Waals surface area contributed by atoms with E-state index in [0.29, 0.717) is 47.8 Å². The Morgan fingerprint density at radius 1 is 0.634 bits per heavy atom. The van der Waals surface area contributed by atoms with Gasteiger partial charge in [-0.05, 0) is 47.6 Å². The van der Waals surface area contributed by atoms with Crippen LogP contribution in [-0.2, 0) is 15.9 Å². The van der Waals surface area contributed by atoms with Crippen LogP contribution in [0, 0.1) is 23.4 Å². The van der Waals surface area contributed by atoms with Crippen LogP contribution in [0.2, 0.25) is 0 Å². The predicted octanol–water partition coefficient (Wildman–Crippen LogP) is 11.0. The molecule has 3 aromatic carbocycles. The maximum Gasteiger partial charge on any atom is 0.186 e. The summed E-state index contributed by atoms with van der Waals surface area (Å²) in [6.45, 7) is 5.53. The Morgan fingerprint density at radius 2 is 1.24 bits per heavy atom.